The first kappa shape index (κ1) is 17.6. The van der Waals surface area contributed by atoms with Crippen molar-refractivity contribution in [2.75, 3.05) is 0 Å². The molecule has 2 N–H and O–H groups in total. The number of halogens is 2. The van der Waals surface area contributed by atoms with Gasteiger partial charge >= 0.3 is 0 Å². The van der Waals surface area contributed by atoms with Gasteiger partial charge in [-0.25, -0.2) is 5.43 Å². The van der Waals surface area contributed by atoms with Gasteiger partial charge < -0.3 is 5.11 Å². The zero-order chi connectivity index (χ0) is 17.0. The van der Waals surface area contributed by atoms with E-state index in [0.29, 0.717) is 12.7 Å². The maximum Gasteiger partial charge on any atom is 0.282 e. The fourth-order valence-electron chi connectivity index (χ4n) is 1.71. The van der Waals surface area contributed by atoms with Gasteiger partial charge in [0.15, 0.2) is 0 Å². The molecule has 0 aromatic heterocycles. The number of carbonyl (C=O) groups is 1. The van der Waals surface area contributed by atoms with Crippen molar-refractivity contribution in [3.8, 4) is 5.75 Å². The highest BCUT2D eigenvalue weighted by Gasteiger charge is 2.18. The lowest BCUT2D eigenvalue weighted by molar-refractivity contribution is -0.385. The van der Waals surface area contributed by atoms with Crippen LogP contribution in [0.1, 0.15) is 15.9 Å². The van der Waals surface area contributed by atoms with Crippen LogP contribution in [0, 0.1) is 17.3 Å². The molecule has 0 heterocycles. The summed E-state index contributed by atoms with van der Waals surface area (Å²) in [6.07, 6.45) is 1.40. The van der Waals surface area contributed by atoms with E-state index in [1.165, 1.54) is 30.5 Å². The molecule has 118 valence electrons. The molecule has 2 aromatic carbocycles. The lowest BCUT2D eigenvalue weighted by Gasteiger charge is -2.03. The van der Waals surface area contributed by atoms with Gasteiger partial charge in [-0.15, -0.1) is 0 Å². The van der Waals surface area contributed by atoms with Crippen molar-refractivity contribution in [1.29, 1.82) is 0 Å². The standard InChI is InChI=1S/C14H9I2N3O4/c15-10-5-8(6-11(16)13(10)20)7-17-18-14(21)9-3-1-2-4-12(9)19(22)23/h1-7,20H,(H,18,21)/b17-7-. The second-order valence-electron chi connectivity index (χ2n) is 4.31. The number of nitrogens with zero attached hydrogens (tertiary/aromatic N) is 2. The molecule has 2 aromatic rings. The number of phenols is 1. The molecule has 0 aliphatic rings. The average molecular weight is 537 g/mol. The number of rotatable bonds is 4. The first-order chi connectivity index (χ1) is 10.9. The summed E-state index contributed by atoms with van der Waals surface area (Å²) in [5.74, 6) is -0.482. The highest BCUT2D eigenvalue weighted by molar-refractivity contribution is 14.1. The van der Waals surface area contributed by atoms with Gasteiger partial charge in [-0.2, -0.15) is 5.10 Å². The van der Waals surface area contributed by atoms with E-state index in [0.717, 1.165) is 0 Å². The van der Waals surface area contributed by atoms with Crippen molar-refractivity contribution in [1.82, 2.24) is 5.43 Å². The summed E-state index contributed by atoms with van der Waals surface area (Å²) in [5.41, 5.74) is 2.59. The second-order valence-corrected chi connectivity index (χ2v) is 6.63. The number of para-hydroxylation sites is 1. The van der Waals surface area contributed by atoms with Crippen molar-refractivity contribution in [3.05, 3.63) is 64.8 Å². The number of nitro benzene ring substituents is 1. The highest BCUT2D eigenvalue weighted by atomic mass is 127. The Hall–Kier alpha value is -1.76. The summed E-state index contributed by atoms with van der Waals surface area (Å²) in [6, 6.07) is 9.02. The Kier molecular flexibility index (Phi) is 5.87. The predicted octanol–water partition coefficient (Wildman–Crippen LogP) is 3.27. The van der Waals surface area contributed by atoms with Gasteiger partial charge in [-0.3, -0.25) is 14.9 Å². The van der Waals surface area contributed by atoms with E-state index in [1.54, 1.807) is 12.1 Å². The quantitative estimate of drug-likeness (QED) is 0.271. The average Bonchev–Trinajstić information content (AvgIpc) is 2.52. The van der Waals surface area contributed by atoms with Gasteiger partial charge in [0.1, 0.15) is 11.3 Å². The van der Waals surface area contributed by atoms with Gasteiger partial charge in [0.25, 0.3) is 11.6 Å². The monoisotopic (exact) mass is 537 g/mol. The molecular formula is C14H9I2N3O4. The largest absolute Gasteiger partial charge is 0.506 e. The third-order valence-corrected chi connectivity index (χ3v) is 4.41. The van der Waals surface area contributed by atoms with Crippen LogP contribution in [-0.4, -0.2) is 22.2 Å². The zero-order valence-electron chi connectivity index (χ0n) is 11.4. The molecule has 2 rings (SSSR count). The minimum Gasteiger partial charge on any atom is -0.506 e. The minimum atomic E-state index is -0.670. The molecule has 23 heavy (non-hydrogen) atoms. The molecule has 9 heteroatoms. The molecule has 0 unspecified atom stereocenters. The topological polar surface area (TPSA) is 105 Å². The van der Waals surface area contributed by atoms with Crippen LogP contribution in [0.15, 0.2) is 41.5 Å². The molecule has 1 amide bonds. The van der Waals surface area contributed by atoms with Crippen LogP contribution in [-0.2, 0) is 0 Å². The molecule has 0 saturated heterocycles. The van der Waals surface area contributed by atoms with E-state index in [9.17, 15) is 20.0 Å². The van der Waals surface area contributed by atoms with E-state index < -0.39 is 10.8 Å². The number of benzene rings is 2. The lowest BCUT2D eigenvalue weighted by atomic mass is 10.2. The van der Waals surface area contributed by atoms with Crippen LogP contribution in [0.3, 0.4) is 0 Å². The van der Waals surface area contributed by atoms with Gasteiger partial charge in [-0.1, -0.05) is 12.1 Å². The van der Waals surface area contributed by atoms with E-state index in [-0.39, 0.29) is 17.0 Å². The van der Waals surface area contributed by atoms with Gasteiger partial charge in [0.2, 0.25) is 0 Å². The Balaban J connectivity index is 2.15. The third-order valence-electron chi connectivity index (χ3n) is 2.76. The van der Waals surface area contributed by atoms with E-state index in [2.05, 4.69) is 10.5 Å². The maximum atomic E-state index is 12.0. The molecule has 0 aliphatic heterocycles. The molecule has 0 spiro atoms. The van der Waals surface area contributed by atoms with Crippen molar-refractivity contribution < 1.29 is 14.8 Å². The van der Waals surface area contributed by atoms with E-state index in [4.69, 9.17) is 0 Å². The molecule has 0 saturated carbocycles. The first-order valence-corrected chi connectivity index (χ1v) is 8.30. The number of hydrazone groups is 1. The maximum absolute atomic E-state index is 12.0. The third kappa shape index (κ3) is 4.37. The number of nitrogens with one attached hydrogen (secondary N) is 1. The molecular weight excluding hydrogens is 528 g/mol. The molecule has 0 bridgehead atoms. The van der Waals surface area contributed by atoms with Crippen molar-refractivity contribution in [2.45, 2.75) is 0 Å². The normalized spacial score (nSPS) is 10.7. The summed E-state index contributed by atoms with van der Waals surface area (Å²) in [5, 5.41) is 24.4. The Morgan fingerprint density at radius 1 is 1.26 bits per heavy atom. The smallest absolute Gasteiger partial charge is 0.282 e. The second kappa shape index (κ2) is 7.68. The minimum absolute atomic E-state index is 0.0653. The number of aromatic hydroxyl groups is 1. The van der Waals surface area contributed by atoms with Gasteiger partial charge in [0, 0.05) is 6.07 Å². The molecule has 0 fully saturated rings. The SMILES string of the molecule is O=C(N/N=C\c1cc(I)c(O)c(I)c1)c1ccccc1[N+](=O)[O-]. The Morgan fingerprint density at radius 3 is 2.48 bits per heavy atom. The molecule has 0 radical (unpaired) electrons. The number of hydrogen-bond donors (Lipinski definition) is 2. The number of nitro groups is 1. The highest BCUT2D eigenvalue weighted by Crippen LogP contribution is 2.26. The number of carbonyl (C=O) groups excluding carboxylic acids is 1. The fraction of sp³-hybridized carbons (Fsp3) is 0. The van der Waals surface area contributed by atoms with Crippen molar-refractivity contribution >= 4 is 63.0 Å². The van der Waals surface area contributed by atoms with Crippen LogP contribution in [0.4, 0.5) is 5.69 Å². The summed E-state index contributed by atoms with van der Waals surface area (Å²) in [4.78, 5) is 22.2. The van der Waals surface area contributed by atoms with Gasteiger partial charge in [-0.05, 0) is 68.9 Å². The summed E-state index contributed by atoms with van der Waals surface area (Å²) in [6.45, 7) is 0. The number of phenolic OH excluding ortho intramolecular Hbond substituents is 1. The van der Waals surface area contributed by atoms with Crippen molar-refractivity contribution in [2.24, 2.45) is 5.10 Å². The summed E-state index contributed by atoms with van der Waals surface area (Å²) < 4.78 is 1.31. The molecule has 7 nitrogen and oxygen atoms in total. The molecule has 0 atom stereocenters. The number of hydrogen-bond acceptors (Lipinski definition) is 5. The van der Waals surface area contributed by atoms with Crippen LogP contribution >= 0.6 is 45.2 Å². The zero-order valence-corrected chi connectivity index (χ0v) is 15.7. The fourth-order valence-corrected chi connectivity index (χ4v) is 3.53. The van der Waals surface area contributed by atoms with E-state index >= 15 is 0 Å². The Bertz CT molecular complexity index is 785. The Morgan fingerprint density at radius 2 is 1.87 bits per heavy atom. The first-order valence-electron chi connectivity index (χ1n) is 6.15. The lowest BCUT2D eigenvalue weighted by Crippen LogP contribution is -2.18. The summed E-state index contributed by atoms with van der Waals surface area (Å²) in [7, 11) is 0. The number of amides is 1. The summed E-state index contributed by atoms with van der Waals surface area (Å²) >= 11 is 3.97. The predicted molar refractivity (Wildman–Crippen MR) is 102 cm³/mol. The Labute approximate surface area is 158 Å². The van der Waals surface area contributed by atoms with Crippen LogP contribution in [0.25, 0.3) is 0 Å². The van der Waals surface area contributed by atoms with Crippen molar-refractivity contribution in [3.63, 3.8) is 0 Å². The van der Waals surface area contributed by atoms with Gasteiger partial charge in [0.05, 0.1) is 18.3 Å². The van der Waals surface area contributed by atoms with Crippen LogP contribution in [0.5, 0.6) is 5.75 Å². The molecule has 0 aliphatic carbocycles. The van der Waals surface area contributed by atoms with Crippen LogP contribution < -0.4 is 5.43 Å². The van der Waals surface area contributed by atoms with E-state index in [1.807, 2.05) is 45.2 Å². The van der Waals surface area contributed by atoms with Crippen LogP contribution in [0.2, 0.25) is 0 Å².